The van der Waals surface area contributed by atoms with E-state index in [1.54, 1.807) is 0 Å². The Kier molecular flexibility index (Phi) is 6.05. The average molecular weight is 476 g/mol. The molecule has 1 aliphatic heterocycles. The summed E-state index contributed by atoms with van der Waals surface area (Å²) in [6.07, 6.45) is 3.92. The number of hydrogen-bond acceptors (Lipinski definition) is 6. The van der Waals surface area contributed by atoms with Crippen molar-refractivity contribution in [3.8, 4) is 17.1 Å². The molecule has 36 heavy (non-hydrogen) atoms. The van der Waals surface area contributed by atoms with Crippen LogP contribution in [0.25, 0.3) is 28.2 Å². The molecule has 1 saturated heterocycles. The predicted octanol–water partition coefficient (Wildman–Crippen LogP) is 5.14. The molecule has 3 N–H and O–H groups in total. The highest BCUT2D eigenvalue weighted by Crippen LogP contribution is 2.28. The molecule has 0 atom stereocenters. The zero-order valence-corrected chi connectivity index (χ0v) is 20.1. The van der Waals surface area contributed by atoms with E-state index in [-0.39, 0.29) is 0 Å². The van der Waals surface area contributed by atoms with Crippen LogP contribution in [-0.4, -0.2) is 43.6 Å². The van der Waals surface area contributed by atoms with Gasteiger partial charge in [-0.1, -0.05) is 60.7 Å². The number of para-hydroxylation sites is 1. The van der Waals surface area contributed by atoms with Gasteiger partial charge in [-0.25, -0.2) is 15.0 Å². The van der Waals surface area contributed by atoms with Gasteiger partial charge in [-0.15, -0.1) is 0 Å². The van der Waals surface area contributed by atoms with Crippen LogP contribution in [0.1, 0.15) is 18.4 Å². The normalized spacial score (nSPS) is 14.8. The molecule has 1 fully saturated rings. The van der Waals surface area contributed by atoms with E-state index in [2.05, 4.69) is 52.7 Å². The molecule has 1 aliphatic rings. The number of nitrogens with zero attached hydrogens (tertiary/aromatic N) is 5. The fourth-order valence-electron chi connectivity index (χ4n) is 4.86. The fraction of sp³-hybridized carbons (Fsp3) is 0.207. The third kappa shape index (κ3) is 4.65. The molecular weight excluding hydrogens is 446 g/mol. The van der Waals surface area contributed by atoms with E-state index in [4.69, 9.17) is 20.7 Å². The first-order valence-corrected chi connectivity index (χ1v) is 12.4. The van der Waals surface area contributed by atoms with Gasteiger partial charge >= 0.3 is 0 Å². The first kappa shape index (κ1) is 22.2. The average Bonchev–Trinajstić information content (AvgIpc) is 3.35. The standard InChI is InChI=1S/C29H29N7/c30-23-11-7-10-22(18-23)27-33-28(26-29(34-27)36(20-31-26)25-12-5-2-6-13-25)32-24-14-16-35(17-15-24)19-21-8-3-1-4-9-21/h1-13,18,20,24H,14-17,19,30H2,(H,32,33,34). The highest BCUT2D eigenvalue weighted by molar-refractivity contribution is 5.86. The summed E-state index contributed by atoms with van der Waals surface area (Å²) in [6.45, 7) is 3.08. The van der Waals surface area contributed by atoms with Crippen molar-refractivity contribution in [2.45, 2.75) is 25.4 Å². The molecule has 180 valence electrons. The summed E-state index contributed by atoms with van der Waals surface area (Å²) in [4.78, 5) is 17.1. The van der Waals surface area contributed by atoms with Crippen molar-refractivity contribution in [2.24, 2.45) is 0 Å². The van der Waals surface area contributed by atoms with Crippen LogP contribution in [0.15, 0.2) is 91.3 Å². The molecule has 0 amide bonds. The molecule has 2 aromatic heterocycles. The Morgan fingerprint density at radius 2 is 1.61 bits per heavy atom. The summed E-state index contributed by atoms with van der Waals surface area (Å²) in [5.41, 5.74) is 11.6. The van der Waals surface area contributed by atoms with Crippen LogP contribution in [0.3, 0.4) is 0 Å². The Hall–Kier alpha value is -4.23. The Morgan fingerprint density at radius 1 is 0.861 bits per heavy atom. The number of rotatable bonds is 6. The van der Waals surface area contributed by atoms with E-state index in [1.165, 1.54) is 5.56 Å². The number of imidazole rings is 1. The molecule has 7 nitrogen and oxygen atoms in total. The molecule has 3 heterocycles. The van der Waals surface area contributed by atoms with E-state index in [9.17, 15) is 0 Å². The van der Waals surface area contributed by atoms with Crippen LogP contribution in [0.5, 0.6) is 0 Å². The van der Waals surface area contributed by atoms with Crippen molar-refractivity contribution in [2.75, 3.05) is 24.1 Å². The SMILES string of the molecule is Nc1cccc(-c2nc(NC3CCN(Cc4ccccc4)CC3)c3ncn(-c4ccccc4)c3n2)c1. The van der Waals surface area contributed by atoms with E-state index >= 15 is 0 Å². The van der Waals surface area contributed by atoms with Crippen molar-refractivity contribution < 1.29 is 0 Å². The second-order valence-corrected chi connectivity index (χ2v) is 9.32. The van der Waals surface area contributed by atoms with E-state index < -0.39 is 0 Å². The summed E-state index contributed by atoms with van der Waals surface area (Å²) >= 11 is 0. The molecule has 5 aromatic rings. The van der Waals surface area contributed by atoms with Gasteiger partial charge in [0.1, 0.15) is 6.33 Å². The zero-order valence-electron chi connectivity index (χ0n) is 20.1. The quantitative estimate of drug-likeness (QED) is 0.331. The van der Waals surface area contributed by atoms with E-state index in [0.29, 0.717) is 17.6 Å². The van der Waals surface area contributed by atoms with Gasteiger partial charge in [0.05, 0.1) is 0 Å². The van der Waals surface area contributed by atoms with Gasteiger partial charge in [-0.05, 0) is 42.7 Å². The Labute approximate surface area is 210 Å². The number of nitrogens with two attached hydrogens (primary N) is 1. The lowest BCUT2D eigenvalue weighted by atomic mass is 10.0. The number of hydrogen-bond donors (Lipinski definition) is 2. The minimum absolute atomic E-state index is 0.325. The van der Waals surface area contributed by atoms with Gasteiger partial charge in [-0.2, -0.15) is 0 Å². The van der Waals surface area contributed by atoms with Crippen LogP contribution in [-0.2, 0) is 6.54 Å². The first-order valence-electron chi connectivity index (χ1n) is 12.4. The van der Waals surface area contributed by atoms with E-state index in [0.717, 1.165) is 60.7 Å². The van der Waals surface area contributed by atoms with Crippen LogP contribution in [0.2, 0.25) is 0 Å². The zero-order chi connectivity index (χ0) is 24.3. The van der Waals surface area contributed by atoms with Gasteiger partial charge in [0.2, 0.25) is 0 Å². The Bertz CT molecular complexity index is 1460. The van der Waals surface area contributed by atoms with Crippen molar-refractivity contribution in [3.63, 3.8) is 0 Å². The predicted molar refractivity (Wildman–Crippen MR) is 145 cm³/mol. The Morgan fingerprint density at radius 3 is 2.36 bits per heavy atom. The summed E-state index contributed by atoms with van der Waals surface area (Å²) in [7, 11) is 0. The lowest BCUT2D eigenvalue weighted by molar-refractivity contribution is 0.211. The molecule has 7 heteroatoms. The molecule has 6 rings (SSSR count). The van der Waals surface area contributed by atoms with Gasteiger partial charge in [-0.3, -0.25) is 9.47 Å². The minimum Gasteiger partial charge on any atom is -0.399 e. The molecule has 0 bridgehead atoms. The summed E-state index contributed by atoms with van der Waals surface area (Å²) in [5.74, 6) is 1.41. The highest BCUT2D eigenvalue weighted by atomic mass is 15.2. The van der Waals surface area contributed by atoms with Crippen molar-refractivity contribution in [1.29, 1.82) is 0 Å². The third-order valence-electron chi connectivity index (χ3n) is 6.75. The van der Waals surface area contributed by atoms with Crippen LogP contribution >= 0.6 is 0 Å². The Balaban J connectivity index is 1.29. The summed E-state index contributed by atoms with van der Waals surface area (Å²) in [5, 5.41) is 3.71. The van der Waals surface area contributed by atoms with Gasteiger partial charge in [0.15, 0.2) is 22.8 Å². The second-order valence-electron chi connectivity index (χ2n) is 9.32. The van der Waals surface area contributed by atoms with Crippen molar-refractivity contribution >= 4 is 22.7 Å². The van der Waals surface area contributed by atoms with E-state index in [1.807, 2.05) is 53.4 Å². The monoisotopic (exact) mass is 475 g/mol. The third-order valence-corrected chi connectivity index (χ3v) is 6.75. The lowest BCUT2D eigenvalue weighted by Crippen LogP contribution is -2.38. The molecule has 0 aliphatic carbocycles. The number of nitrogens with one attached hydrogen (secondary N) is 1. The molecular formula is C29H29N7. The smallest absolute Gasteiger partial charge is 0.170 e. The topological polar surface area (TPSA) is 84.9 Å². The van der Waals surface area contributed by atoms with Gasteiger partial charge in [0.25, 0.3) is 0 Å². The number of fused-ring (bicyclic) bond motifs is 1. The number of benzene rings is 3. The van der Waals surface area contributed by atoms with Crippen LogP contribution < -0.4 is 11.1 Å². The van der Waals surface area contributed by atoms with Gasteiger partial charge in [0, 0.05) is 42.6 Å². The number of anilines is 2. The number of nitrogen functional groups attached to an aromatic ring is 1. The van der Waals surface area contributed by atoms with Crippen LogP contribution in [0, 0.1) is 0 Å². The number of likely N-dealkylation sites (tertiary alicyclic amines) is 1. The minimum atomic E-state index is 0.325. The molecule has 3 aromatic carbocycles. The van der Waals surface area contributed by atoms with Crippen molar-refractivity contribution in [3.05, 3.63) is 96.8 Å². The molecule has 0 radical (unpaired) electrons. The number of aromatic nitrogens is 4. The molecule has 0 spiro atoms. The highest BCUT2D eigenvalue weighted by Gasteiger charge is 2.22. The molecule has 0 unspecified atom stereocenters. The van der Waals surface area contributed by atoms with Crippen LogP contribution in [0.4, 0.5) is 11.5 Å². The summed E-state index contributed by atoms with van der Waals surface area (Å²) < 4.78 is 2.01. The fourth-order valence-corrected chi connectivity index (χ4v) is 4.86. The molecule has 0 saturated carbocycles. The largest absolute Gasteiger partial charge is 0.399 e. The second kappa shape index (κ2) is 9.79. The maximum absolute atomic E-state index is 6.07. The maximum atomic E-state index is 6.07. The lowest BCUT2D eigenvalue weighted by Gasteiger charge is -2.32. The summed E-state index contributed by atoms with van der Waals surface area (Å²) in [6, 6.07) is 28.9. The van der Waals surface area contributed by atoms with Crippen molar-refractivity contribution in [1.82, 2.24) is 24.4 Å². The van der Waals surface area contributed by atoms with Gasteiger partial charge < -0.3 is 11.1 Å². The number of piperidine rings is 1. The first-order chi connectivity index (χ1) is 17.7. The maximum Gasteiger partial charge on any atom is 0.170 e.